The minimum Gasteiger partial charge on any atom is -0.481 e. The van der Waals surface area contributed by atoms with Crippen molar-refractivity contribution in [2.75, 3.05) is 13.2 Å². The van der Waals surface area contributed by atoms with Gasteiger partial charge in [-0.2, -0.15) is 0 Å². The smallest absolute Gasteiger partial charge is 0.311 e. The molecule has 1 fully saturated rings. The van der Waals surface area contributed by atoms with Gasteiger partial charge in [-0.05, 0) is 25.7 Å². The first-order valence-electron chi connectivity index (χ1n) is 5.69. The van der Waals surface area contributed by atoms with Crippen LogP contribution in [0.1, 0.15) is 39.0 Å². The average Bonchev–Trinajstić information content (AvgIpc) is 2.69. The van der Waals surface area contributed by atoms with E-state index in [1.54, 1.807) is 0 Å². The summed E-state index contributed by atoms with van der Waals surface area (Å²) in [6.07, 6.45) is 4.15. The minimum atomic E-state index is -0.776. The molecular weight excluding hydrogens is 194 g/mol. The molecule has 0 bridgehead atoms. The number of nitrogens with two attached hydrogens (primary N) is 1. The fraction of sp³-hybridized carbons (Fsp3) is 0.909. The lowest BCUT2D eigenvalue weighted by Crippen LogP contribution is -2.41. The van der Waals surface area contributed by atoms with Crippen molar-refractivity contribution in [2.45, 2.75) is 45.1 Å². The van der Waals surface area contributed by atoms with Crippen molar-refractivity contribution in [2.24, 2.45) is 11.1 Å². The summed E-state index contributed by atoms with van der Waals surface area (Å²) in [5, 5.41) is 9.28. The van der Waals surface area contributed by atoms with Gasteiger partial charge in [-0.3, -0.25) is 4.79 Å². The maximum atomic E-state index is 11.3. The Kier molecular flexibility index (Phi) is 4.54. The number of ether oxygens (including phenoxy) is 1. The molecule has 0 spiro atoms. The SMILES string of the molecule is CCCC(CN)(CC1CCCO1)C(=O)O. The summed E-state index contributed by atoms with van der Waals surface area (Å²) in [6.45, 7) is 2.95. The van der Waals surface area contributed by atoms with Gasteiger partial charge in [0.25, 0.3) is 0 Å². The van der Waals surface area contributed by atoms with Crippen LogP contribution in [0.3, 0.4) is 0 Å². The van der Waals surface area contributed by atoms with E-state index in [9.17, 15) is 9.90 Å². The van der Waals surface area contributed by atoms with Gasteiger partial charge in [-0.25, -0.2) is 0 Å². The highest BCUT2D eigenvalue weighted by atomic mass is 16.5. The summed E-state index contributed by atoms with van der Waals surface area (Å²) < 4.78 is 5.49. The summed E-state index contributed by atoms with van der Waals surface area (Å²) in [4.78, 5) is 11.3. The van der Waals surface area contributed by atoms with Crippen molar-refractivity contribution in [3.8, 4) is 0 Å². The molecule has 1 aliphatic heterocycles. The van der Waals surface area contributed by atoms with E-state index in [2.05, 4.69) is 0 Å². The molecule has 3 N–H and O–H groups in total. The average molecular weight is 215 g/mol. The highest BCUT2D eigenvalue weighted by Gasteiger charge is 2.39. The minimum absolute atomic E-state index is 0.0937. The molecule has 0 aromatic heterocycles. The molecule has 0 radical (unpaired) electrons. The van der Waals surface area contributed by atoms with Crippen molar-refractivity contribution in [1.82, 2.24) is 0 Å². The zero-order chi connectivity index (χ0) is 11.3. The van der Waals surface area contributed by atoms with Crippen molar-refractivity contribution in [3.63, 3.8) is 0 Å². The van der Waals surface area contributed by atoms with Crippen LogP contribution < -0.4 is 5.73 Å². The third kappa shape index (κ3) is 2.92. The molecule has 1 aliphatic rings. The van der Waals surface area contributed by atoms with Crippen LogP contribution >= 0.6 is 0 Å². The van der Waals surface area contributed by atoms with Crippen LogP contribution in [0.5, 0.6) is 0 Å². The van der Waals surface area contributed by atoms with Crippen molar-refractivity contribution in [3.05, 3.63) is 0 Å². The van der Waals surface area contributed by atoms with E-state index >= 15 is 0 Å². The zero-order valence-corrected chi connectivity index (χ0v) is 9.37. The Hall–Kier alpha value is -0.610. The van der Waals surface area contributed by atoms with Crippen LogP contribution in [0.4, 0.5) is 0 Å². The van der Waals surface area contributed by atoms with E-state index in [1.807, 2.05) is 6.92 Å². The lowest BCUT2D eigenvalue weighted by molar-refractivity contribution is -0.151. The number of rotatable bonds is 6. The van der Waals surface area contributed by atoms with Crippen LogP contribution in [-0.2, 0) is 9.53 Å². The molecule has 88 valence electrons. The van der Waals surface area contributed by atoms with Crippen LogP contribution in [0.15, 0.2) is 0 Å². The fourth-order valence-corrected chi connectivity index (χ4v) is 2.29. The van der Waals surface area contributed by atoms with Gasteiger partial charge in [0.15, 0.2) is 0 Å². The summed E-state index contributed by atoms with van der Waals surface area (Å²) in [6, 6.07) is 0. The third-order valence-corrected chi connectivity index (χ3v) is 3.22. The molecule has 0 aliphatic carbocycles. The number of carboxylic acid groups (broad SMARTS) is 1. The molecule has 0 aromatic rings. The first-order valence-corrected chi connectivity index (χ1v) is 5.69. The first-order chi connectivity index (χ1) is 7.14. The molecule has 2 unspecified atom stereocenters. The van der Waals surface area contributed by atoms with E-state index in [1.165, 1.54) is 0 Å². The van der Waals surface area contributed by atoms with Crippen molar-refractivity contribution >= 4 is 5.97 Å². The standard InChI is InChI=1S/C11H21NO3/c1-2-5-11(8-12,10(13)14)7-9-4-3-6-15-9/h9H,2-8,12H2,1H3,(H,13,14). The summed E-state index contributed by atoms with van der Waals surface area (Å²) in [7, 11) is 0. The second-order valence-corrected chi connectivity index (χ2v) is 4.38. The van der Waals surface area contributed by atoms with Crippen molar-refractivity contribution < 1.29 is 14.6 Å². The Morgan fingerprint density at radius 1 is 1.67 bits per heavy atom. The van der Waals surface area contributed by atoms with E-state index in [4.69, 9.17) is 10.5 Å². The van der Waals surface area contributed by atoms with Crippen LogP contribution in [0.2, 0.25) is 0 Å². The van der Waals surface area contributed by atoms with Gasteiger partial charge >= 0.3 is 5.97 Å². The zero-order valence-electron chi connectivity index (χ0n) is 9.37. The molecule has 0 amide bonds. The Balaban J connectivity index is 2.64. The molecular formula is C11H21NO3. The Morgan fingerprint density at radius 2 is 2.40 bits per heavy atom. The largest absolute Gasteiger partial charge is 0.481 e. The van der Waals surface area contributed by atoms with E-state index in [-0.39, 0.29) is 12.6 Å². The van der Waals surface area contributed by atoms with E-state index < -0.39 is 11.4 Å². The lowest BCUT2D eigenvalue weighted by atomic mass is 9.78. The summed E-state index contributed by atoms with van der Waals surface area (Å²) in [5.41, 5.74) is 4.86. The summed E-state index contributed by atoms with van der Waals surface area (Å²) in [5.74, 6) is -0.776. The molecule has 15 heavy (non-hydrogen) atoms. The molecule has 0 aromatic carbocycles. The number of hydrogen-bond donors (Lipinski definition) is 2. The van der Waals surface area contributed by atoms with Gasteiger partial charge in [0.1, 0.15) is 0 Å². The predicted molar refractivity (Wildman–Crippen MR) is 57.6 cm³/mol. The molecule has 4 nitrogen and oxygen atoms in total. The second-order valence-electron chi connectivity index (χ2n) is 4.38. The molecule has 4 heteroatoms. The van der Waals surface area contributed by atoms with Gasteiger partial charge in [0.2, 0.25) is 0 Å². The maximum Gasteiger partial charge on any atom is 0.311 e. The van der Waals surface area contributed by atoms with Crippen LogP contribution in [0.25, 0.3) is 0 Å². The van der Waals surface area contributed by atoms with E-state index in [0.29, 0.717) is 12.8 Å². The summed E-state index contributed by atoms with van der Waals surface area (Å²) >= 11 is 0. The maximum absolute atomic E-state index is 11.3. The number of carboxylic acids is 1. The first kappa shape index (κ1) is 12.5. The third-order valence-electron chi connectivity index (χ3n) is 3.22. The Bertz CT molecular complexity index is 214. The van der Waals surface area contributed by atoms with Gasteiger partial charge in [-0.15, -0.1) is 0 Å². The van der Waals surface area contributed by atoms with Gasteiger partial charge < -0.3 is 15.6 Å². The van der Waals surface area contributed by atoms with Gasteiger partial charge in [-0.1, -0.05) is 13.3 Å². The Labute approximate surface area is 90.8 Å². The number of hydrogen-bond acceptors (Lipinski definition) is 3. The van der Waals surface area contributed by atoms with Crippen LogP contribution in [-0.4, -0.2) is 30.3 Å². The number of carbonyl (C=O) groups is 1. The molecule has 1 saturated heterocycles. The van der Waals surface area contributed by atoms with Crippen LogP contribution in [0, 0.1) is 5.41 Å². The lowest BCUT2D eigenvalue weighted by Gasteiger charge is -2.29. The normalized spacial score (nSPS) is 25.1. The monoisotopic (exact) mass is 215 g/mol. The molecule has 1 rings (SSSR count). The van der Waals surface area contributed by atoms with Gasteiger partial charge in [0.05, 0.1) is 11.5 Å². The highest BCUT2D eigenvalue weighted by molar-refractivity contribution is 5.75. The predicted octanol–water partition coefficient (Wildman–Crippen LogP) is 1.39. The fourth-order valence-electron chi connectivity index (χ4n) is 2.29. The molecule has 2 atom stereocenters. The number of aliphatic carboxylic acids is 1. The van der Waals surface area contributed by atoms with E-state index in [0.717, 1.165) is 25.9 Å². The second kappa shape index (κ2) is 5.47. The topological polar surface area (TPSA) is 72.5 Å². The molecule has 0 saturated carbocycles. The van der Waals surface area contributed by atoms with Crippen molar-refractivity contribution in [1.29, 1.82) is 0 Å². The van der Waals surface area contributed by atoms with Gasteiger partial charge in [0, 0.05) is 13.2 Å². The molecule has 1 heterocycles. The quantitative estimate of drug-likeness (QED) is 0.702. The Morgan fingerprint density at radius 3 is 2.80 bits per heavy atom. The highest BCUT2D eigenvalue weighted by Crippen LogP contribution is 2.33.